The van der Waals surface area contributed by atoms with Crippen molar-refractivity contribution in [2.24, 2.45) is 5.41 Å². The standard InChI is InChI=1S/C16H30BrNO2/c1-14(2,3)20-13(19)18-16(9-7-6-8-10-16)11-15(4,5)12-17/h6-12H2,1-5H3,(H,18,19). The maximum Gasteiger partial charge on any atom is 0.408 e. The monoisotopic (exact) mass is 347 g/mol. The zero-order chi connectivity index (χ0) is 15.4. The third-order valence-electron chi connectivity index (χ3n) is 3.76. The van der Waals surface area contributed by atoms with E-state index in [4.69, 9.17) is 4.74 Å². The van der Waals surface area contributed by atoms with Crippen molar-refractivity contribution >= 4 is 22.0 Å². The first-order chi connectivity index (χ1) is 9.08. The van der Waals surface area contributed by atoms with E-state index in [1.807, 2.05) is 20.8 Å². The van der Waals surface area contributed by atoms with Crippen molar-refractivity contribution in [3.05, 3.63) is 0 Å². The fraction of sp³-hybridized carbons (Fsp3) is 0.938. The highest BCUT2D eigenvalue weighted by molar-refractivity contribution is 9.09. The normalized spacial score (nSPS) is 19.5. The first kappa shape index (κ1) is 17.8. The molecule has 1 rings (SSSR count). The molecule has 118 valence electrons. The molecule has 1 fully saturated rings. The van der Waals surface area contributed by atoms with Crippen LogP contribution in [0.15, 0.2) is 0 Å². The lowest BCUT2D eigenvalue weighted by molar-refractivity contribution is 0.0382. The fourth-order valence-corrected chi connectivity index (χ4v) is 3.26. The molecule has 1 amide bonds. The van der Waals surface area contributed by atoms with Crippen molar-refractivity contribution in [3.63, 3.8) is 0 Å². The van der Waals surface area contributed by atoms with Crippen molar-refractivity contribution in [2.75, 3.05) is 5.33 Å². The van der Waals surface area contributed by atoms with Crippen LogP contribution >= 0.6 is 15.9 Å². The van der Waals surface area contributed by atoms with Gasteiger partial charge in [-0.15, -0.1) is 0 Å². The number of halogens is 1. The van der Waals surface area contributed by atoms with Crippen LogP contribution in [-0.2, 0) is 4.74 Å². The van der Waals surface area contributed by atoms with Gasteiger partial charge in [-0.1, -0.05) is 49.0 Å². The number of carbonyl (C=O) groups excluding carboxylic acids is 1. The van der Waals surface area contributed by atoms with E-state index in [2.05, 4.69) is 35.1 Å². The lowest BCUT2D eigenvalue weighted by Gasteiger charge is -2.43. The Hall–Kier alpha value is -0.250. The molecule has 1 aliphatic carbocycles. The quantitative estimate of drug-likeness (QED) is 0.724. The first-order valence-electron chi connectivity index (χ1n) is 7.65. The predicted molar refractivity (Wildman–Crippen MR) is 87.4 cm³/mol. The molecule has 0 saturated heterocycles. The summed E-state index contributed by atoms with van der Waals surface area (Å²) in [4.78, 5) is 12.2. The van der Waals surface area contributed by atoms with Crippen molar-refractivity contribution < 1.29 is 9.53 Å². The topological polar surface area (TPSA) is 38.3 Å². The molecule has 0 aromatic rings. The van der Waals surface area contributed by atoms with E-state index in [0.717, 1.165) is 24.6 Å². The van der Waals surface area contributed by atoms with Crippen molar-refractivity contribution in [3.8, 4) is 0 Å². The van der Waals surface area contributed by atoms with Crippen LogP contribution in [0, 0.1) is 5.41 Å². The number of alkyl carbamates (subject to hydrolysis) is 1. The molecule has 0 aliphatic heterocycles. The summed E-state index contributed by atoms with van der Waals surface area (Å²) in [5.41, 5.74) is -0.366. The van der Waals surface area contributed by atoms with Gasteiger partial charge in [0, 0.05) is 10.9 Å². The highest BCUT2D eigenvalue weighted by Gasteiger charge is 2.39. The van der Waals surface area contributed by atoms with Gasteiger partial charge in [-0.3, -0.25) is 0 Å². The number of carbonyl (C=O) groups is 1. The number of amides is 1. The van der Waals surface area contributed by atoms with E-state index in [1.54, 1.807) is 0 Å². The smallest absolute Gasteiger partial charge is 0.408 e. The third-order valence-corrected chi connectivity index (χ3v) is 5.27. The van der Waals surface area contributed by atoms with E-state index < -0.39 is 5.60 Å². The molecule has 3 nitrogen and oxygen atoms in total. The second kappa shape index (κ2) is 6.67. The molecule has 0 unspecified atom stereocenters. The summed E-state index contributed by atoms with van der Waals surface area (Å²) in [5, 5.41) is 4.14. The van der Waals surface area contributed by atoms with Crippen molar-refractivity contribution in [2.45, 2.75) is 84.3 Å². The van der Waals surface area contributed by atoms with E-state index in [-0.39, 0.29) is 17.0 Å². The summed E-state index contributed by atoms with van der Waals surface area (Å²) in [6.07, 6.45) is 6.48. The van der Waals surface area contributed by atoms with Gasteiger partial charge in [-0.2, -0.15) is 0 Å². The molecule has 0 spiro atoms. The van der Waals surface area contributed by atoms with Crippen LogP contribution < -0.4 is 5.32 Å². The highest BCUT2D eigenvalue weighted by atomic mass is 79.9. The summed E-state index contributed by atoms with van der Waals surface area (Å²) >= 11 is 3.59. The molecule has 0 atom stereocenters. The maximum absolute atomic E-state index is 12.2. The maximum atomic E-state index is 12.2. The van der Waals surface area contributed by atoms with Gasteiger partial charge in [0.05, 0.1) is 0 Å². The second-order valence-electron chi connectivity index (χ2n) is 7.94. The van der Waals surface area contributed by atoms with Crippen molar-refractivity contribution in [1.82, 2.24) is 5.32 Å². The van der Waals surface area contributed by atoms with Crippen LogP contribution in [0.4, 0.5) is 4.79 Å². The number of rotatable bonds is 4. The molecule has 1 saturated carbocycles. The van der Waals surface area contributed by atoms with Gasteiger partial charge in [-0.05, 0) is 45.4 Å². The Bertz CT molecular complexity index is 328. The largest absolute Gasteiger partial charge is 0.444 e. The summed E-state index contributed by atoms with van der Waals surface area (Å²) in [7, 11) is 0. The number of hydrogen-bond donors (Lipinski definition) is 1. The lowest BCUT2D eigenvalue weighted by atomic mass is 9.72. The number of alkyl halides is 1. The second-order valence-corrected chi connectivity index (χ2v) is 8.50. The zero-order valence-corrected chi connectivity index (χ0v) is 15.2. The Balaban J connectivity index is 2.76. The van der Waals surface area contributed by atoms with Crippen LogP contribution in [0.25, 0.3) is 0 Å². The summed E-state index contributed by atoms with van der Waals surface area (Å²) in [6.45, 7) is 10.2. The lowest BCUT2D eigenvalue weighted by Crippen LogP contribution is -2.53. The Morgan fingerprint density at radius 1 is 1.15 bits per heavy atom. The summed E-state index contributed by atoms with van der Waals surface area (Å²) < 4.78 is 5.45. The van der Waals surface area contributed by atoms with E-state index >= 15 is 0 Å². The van der Waals surface area contributed by atoms with Gasteiger partial charge >= 0.3 is 6.09 Å². The molecule has 0 bridgehead atoms. The molecular formula is C16H30BrNO2. The van der Waals surface area contributed by atoms with Gasteiger partial charge in [0.15, 0.2) is 0 Å². The van der Waals surface area contributed by atoms with E-state index in [0.29, 0.717) is 0 Å². The van der Waals surface area contributed by atoms with Crippen LogP contribution in [-0.4, -0.2) is 22.6 Å². The van der Waals surface area contributed by atoms with Crippen LogP contribution in [0.3, 0.4) is 0 Å². The SMILES string of the molecule is CC(C)(CBr)CC1(NC(=O)OC(C)(C)C)CCCCC1. The molecule has 0 radical (unpaired) electrons. The van der Waals surface area contributed by atoms with Gasteiger partial charge in [0.1, 0.15) is 5.60 Å². The molecular weight excluding hydrogens is 318 g/mol. The number of hydrogen-bond acceptors (Lipinski definition) is 2. The Labute approximate surface area is 132 Å². The summed E-state index contributed by atoms with van der Waals surface area (Å²) in [5.74, 6) is 0. The predicted octanol–water partition coefficient (Wildman–Crippen LogP) is 5.03. The zero-order valence-electron chi connectivity index (χ0n) is 13.6. The van der Waals surface area contributed by atoms with E-state index in [9.17, 15) is 4.79 Å². The molecule has 0 heterocycles. The first-order valence-corrected chi connectivity index (χ1v) is 8.77. The van der Waals surface area contributed by atoms with Crippen LogP contribution in [0.1, 0.15) is 73.1 Å². The third kappa shape index (κ3) is 6.02. The van der Waals surface area contributed by atoms with Gasteiger partial charge in [-0.25, -0.2) is 4.79 Å². The minimum atomic E-state index is -0.440. The van der Waals surface area contributed by atoms with E-state index in [1.165, 1.54) is 19.3 Å². The van der Waals surface area contributed by atoms with Gasteiger partial charge in [0.25, 0.3) is 0 Å². The fourth-order valence-electron chi connectivity index (χ4n) is 3.06. The number of ether oxygens (including phenoxy) is 1. The molecule has 1 aliphatic rings. The van der Waals surface area contributed by atoms with Crippen LogP contribution in [0.2, 0.25) is 0 Å². The number of nitrogens with one attached hydrogen (secondary N) is 1. The molecule has 4 heteroatoms. The Morgan fingerprint density at radius 3 is 2.15 bits per heavy atom. The Morgan fingerprint density at radius 2 is 1.70 bits per heavy atom. The van der Waals surface area contributed by atoms with Crippen molar-refractivity contribution in [1.29, 1.82) is 0 Å². The summed E-state index contributed by atoms with van der Waals surface area (Å²) in [6, 6.07) is 0. The molecule has 20 heavy (non-hydrogen) atoms. The highest BCUT2D eigenvalue weighted by Crippen LogP contribution is 2.39. The molecule has 0 aromatic carbocycles. The molecule has 1 N–H and O–H groups in total. The average Bonchev–Trinajstić information content (AvgIpc) is 2.26. The minimum absolute atomic E-state index is 0.0994. The van der Waals surface area contributed by atoms with Crippen LogP contribution in [0.5, 0.6) is 0 Å². The molecule has 0 aromatic heterocycles. The van der Waals surface area contributed by atoms with Gasteiger partial charge < -0.3 is 10.1 Å². The van der Waals surface area contributed by atoms with Gasteiger partial charge in [0.2, 0.25) is 0 Å². The minimum Gasteiger partial charge on any atom is -0.444 e. The Kier molecular flexibility index (Phi) is 5.94. The average molecular weight is 348 g/mol.